The van der Waals surface area contributed by atoms with Gasteiger partial charge in [0.25, 0.3) is 0 Å². The number of rotatable bonds is 2. The summed E-state index contributed by atoms with van der Waals surface area (Å²) in [4.78, 5) is 12.8. The van der Waals surface area contributed by atoms with Crippen LogP contribution in [0.3, 0.4) is 0 Å². The van der Waals surface area contributed by atoms with E-state index in [0.717, 1.165) is 22.3 Å². The molecule has 0 N–H and O–H groups in total. The highest BCUT2D eigenvalue weighted by molar-refractivity contribution is 6.34. The summed E-state index contributed by atoms with van der Waals surface area (Å²) < 4.78 is 0. The van der Waals surface area contributed by atoms with Gasteiger partial charge in [0.15, 0.2) is 5.78 Å². The number of halogens is 1. The summed E-state index contributed by atoms with van der Waals surface area (Å²) >= 11 is 6.31. The number of carbonyl (C=O) groups excluding carboxylic acids is 1. The van der Waals surface area contributed by atoms with Crippen molar-refractivity contribution >= 4 is 23.0 Å². The Kier molecular flexibility index (Phi) is 3.82. The number of carbonyl (C=O) groups is 1. The molecule has 3 rings (SSSR count). The second-order valence-corrected chi connectivity index (χ2v) is 5.53. The zero-order valence-electron chi connectivity index (χ0n) is 12.3. The van der Waals surface area contributed by atoms with Crippen LogP contribution in [-0.2, 0) is 0 Å². The third-order valence-corrected chi connectivity index (χ3v) is 4.14. The van der Waals surface area contributed by atoms with E-state index in [1.165, 1.54) is 0 Å². The van der Waals surface area contributed by atoms with Crippen molar-refractivity contribution < 1.29 is 4.79 Å². The van der Waals surface area contributed by atoms with Crippen LogP contribution in [0.1, 0.15) is 22.8 Å². The molecular formula is C20H15ClO. The Morgan fingerprint density at radius 2 is 1.68 bits per heavy atom. The van der Waals surface area contributed by atoms with Crippen LogP contribution in [0.2, 0.25) is 5.02 Å². The lowest BCUT2D eigenvalue weighted by Gasteiger charge is -2.08. The summed E-state index contributed by atoms with van der Waals surface area (Å²) in [5, 5.41) is 0.639. The Hall–Kier alpha value is -2.38. The number of hydrogen-bond acceptors (Lipinski definition) is 1. The second kappa shape index (κ2) is 5.78. The monoisotopic (exact) mass is 306 g/mol. The third-order valence-electron chi connectivity index (χ3n) is 3.81. The Morgan fingerprint density at radius 3 is 2.41 bits per heavy atom. The predicted octanol–water partition coefficient (Wildman–Crippen LogP) is 5.72. The Balaban J connectivity index is 2.24. The van der Waals surface area contributed by atoms with Gasteiger partial charge >= 0.3 is 0 Å². The van der Waals surface area contributed by atoms with E-state index in [1.807, 2.05) is 67.6 Å². The van der Waals surface area contributed by atoms with Gasteiger partial charge in [0.05, 0.1) is 0 Å². The van der Waals surface area contributed by atoms with Crippen molar-refractivity contribution in [2.45, 2.75) is 6.92 Å². The van der Waals surface area contributed by atoms with Gasteiger partial charge in [-0.25, -0.2) is 0 Å². The molecule has 0 radical (unpaired) electrons. The average Bonchev–Trinajstić information content (AvgIpc) is 2.78. The number of benzene rings is 2. The summed E-state index contributed by atoms with van der Waals surface area (Å²) in [5.41, 5.74) is 4.72. The molecular weight excluding hydrogens is 292 g/mol. The number of fused-ring (bicyclic) bond motifs is 1. The Labute approximate surface area is 135 Å². The summed E-state index contributed by atoms with van der Waals surface area (Å²) in [6, 6.07) is 13.4. The van der Waals surface area contributed by atoms with E-state index in [-0.39, 0.29) is 5.78 Å². The van der Waals surface area contributed by atoms with Gasteiger partial charge in [-0.3, -0.25) is 4.79 Å². The molecule has 2 aromatic rings. The van der Waals surface area contributed by atoms with Gasteiger partial charge in [0, 0.05) is 21.7 Å². The third kappa shape index (κ3) is 2.24. The van der Waals surface area contributed by atoms with E-state index in [4.69, 9.17) is 11.6 Å². The first-order valence-electron chi connectivity index (χ1n) is 7.10. The standard InChI is InChI=1S/C20H15ClO/c1-3-4-8-15-13(2)14-10-7-11-17(19(14)20(15)22)16-9-5-6-12-18(16)21/h3-12H,2H2,1H3/b4-3-,15-8+. The van der Waals surface area contributed by atoms with Crippen molar-refractivity contribution in [1.82, 2.24) is 0 Å². The van der Waals surface area contributed by atoms with Crippen molar-refractivity contribution in [1.29, 1.82) is 0 Å². The maximum absolute atomic E-state index is 12.8. The highest BCUT2D eigenvalue weighted by Crippen LogP contribution is 2.42. The molecule has 0 aliphatic heterocycles. The molecule has 0 atom stereocenters. The fraction of sp³-hybridized carbons (Fsp3) is 0.0500. The minimum atomic E-state index is 0.00798. The van der Waals surface area contributed by atoms with Gasteiger partial charge in [-0.1, -0.05) is 72.8 Å². The highest BCUT2D eigenvalue weighted by atomic mass is 35.5. The molecule has 0 spiro atoms. The first-order valence-corrected chi connectivity index (χ1v) is 7.48. The molecule has 0 amide bonds. The zero-order chi connectivity index (χ0) is 15.7. The maximum Gasteiger partial charge on any atom is 0.194 e. The molecule has 0 unspecified atom stereocenters. The van der Waals surface area contributed by atoms with Crippen LogP contribution >= 0.6 is 11.6 Å². The van der Waals surface area contributed by atoms with E-state index in [1.54, 1.807) is 0 Å². The molecule has 0 aromatic heterocycles. The Bertz CT molecular complexity index is 841. The highest BCUT2D eigenvalue weighted by Gasteiger charge is 2.30. The quantitative estimate of drug-likeness (QED) is 0.649. The van der Waals surface area contributed by atoms with Crippen molar-refractivity contribution in [2.24, 2.45) is 0 Å². The molecule has 0 fully saturated rings. The van der Waals surface area contributed by atoms with Crippen molar-refractivity contribution in [2.75, 3.05) is 0 Å². The average molecular weight is 307 g/mol. The van der Waals surface area contributed by atoms with E-state index < -0.39 is 0 Å². The lowest BCUT2D eigenvalue weighted by atomic mass is 9.96. The first kappa shape index (κ1) is 14.6. The van der Waals surface area contributed by atoms with Crippen LogP contribution in [0.15, 0.2) is 72.8 Å². The first-order chi connectivity index (χ1) is 10.6. The molecule has 1 aliphatic carbocycles. The number of hydrogen-bond donors (Lipinski definition) is 0. The van der Waals surface area contributed by atoms with Gasteiger partial charge in [0.1, 0.15) is 0 Å². The maximum atomic E-state index is 12.8. The minimum absolute atomic E-state index is 0.00798. The lowest BCUT2D eigenvalue weighted by Crippen LogP contribution is -1.98. The second-order valence-electron chi connectivity index (χ2n) is 5.12. The molecule has 2 aromatic carbocycles. The number of ketones is 1. The summed E-state index contributed by atoms with van der Waals surface area (Å²) in [7, 11) is 0. The zero-order valence-corrected chi connectivity index (χ0v) is 13.0. The van der Waals surface area contributed by atoms with Crippen LogP contribution in [-0.4, -0.2) is 5.78 Å². The van der Waals surface area contributed by atoms with Crippen molar-refractivity contribution in [3.63, 3.8) is 0 Å². The molecule has 0 saturated carbocycles. The smallest absolute Gasteiger partial charge is 0.194 e. The van der Waals surface area contributed by atoms with E-state index in [0.29, 0.717) is 16.2 Å². The van der Waals surface area contributed by atoms with Crippen LogP contribution in [0.25, 0.3) is 16.7 Å². The van der Waals surface area contributed by atoms with E-state index in [2.05, 4.69) is 6.58 Å². The fourth-order valence-corrected chi connectivity index (χ4v) is 2.98. The number of Topliss-reactive ketones (excluding diaryl/α,β-unsaturated/α-hetero) is 1. The molecule has 108 valence electrons. The normalized spacial score (nSPS) is 15.8. The molecule has 0 heterocycles. The summed E-state index contributed by atoms with van der Waals surface area (Å²) in [6.07, 6.45) is 5.58. The molecule has 0 saturated heterocycles. The Morgan fingerprint density at radius 1 is 1.00 bits per heavy atom. The largest absolute Gasteiger partial charge is 0.289 e. The summed E-state index contributed by atoms with van der Waals surface area (Å²) in [5.74, 6) is 0.00798. The molecule has 0 bridgehead atoms. The lowest BCUT2D eigenvalue weighted by molar-refractivity contribution is 0.104. The SMILES string of the molecule is C=C1/C(=C\C=C/C)C(=O)c2c1cccc2-c1ccccc1Cl. The van der Waals surface area contributed by atoms with Gasteiger partial charge in [0.2, 0.25) is 0 Å². The topological polar surface area (TPSA) is 17.1 Å². The predicted molar refractivity (Wildman–Crippen MR) is 93.1 cm³/mol. The van der Waals surface area contributed by atoms with Crippen molar-refractivity contribution in [3.8, 4) is 11.1 Å². The van der Waals surface area contributed by atoms with Gasteiger partial charge in [-0.15, -0.1) is 0 Å². The van der Waals surface area contributed by atoms with E-state index >= 15 is 0 Å². The van der Waals surface area contributed by atoms with Crippen LogP contribution < -0.4 is 0 Å². The van der Waals surface area contributed by atoms with Crippen molar-refractivity contribution in [3.05, 3.63) is 89.0 Å². The number of allylic oxidation sites excluding steroid dienone is 5. The minimum Gasteiger partial charge on any atom is -0.289 e. The van der Waals surface area contributed by atoms with Gasteiger partial charge in [-0.05, 0) is 29.7 Å². The summed E-state index contributed by atoms with van der Waals surface area (Å²) in [6.45, 7) is 6.00. The molecule has 1 aliphatic rings. The molecule has 1 nitrogen and oxygen atoms in total. The van der Waals surface area contributed by atoms with Crippen LogP contribution in [0.5, 0.6) is 0 Å². The van der Waals surface area contributed by atoms with Gasteiger partial charge in [-0.2, -0.15) is 0 Å². The van der Waals surface area contributed by atoms with Crippen LogP contribution in [0.4, 0.5) is 0 Å². The van der Waals surface area contributed by atoms with E-state index in [9.17, 15) is 4.79 Å². The molecule has 2 heteroatoms. The fourth-order valence-electron chi connectivity index (χ4n) is 2.74. The van der Waals surface area contributed by atoms with Crippen LogP contribution in [0, 0.1) is 0 Å². The van der Waals surface area contributed by atoms with Gasteiger partial charge < -0.3 is 0 Å². The molecule has 22 heavy (non-hydrogen) atoms.